The number of fused-ring (bicyclic) bond motifs is 1. The SMILES string of the molecule is C=C(CNC)CN1C(=O)c2cccnc2S1(=O)=O. The molecule has 0 atom stereocenters. The zero-order valence-electron chi connectivity index (χ0n) is 9.88. The van der Waals surface area contributed by atoms with Crippen molar-refractivity contribution in [1.82, 2.24) is 14.6 Å². The van der Waals surface area contributed by atoms with Crippen molar-refractivity contribution in [2.24, 2.45) is 0 Å². The number of carbonyl (C=O) groups is 1. The fourth-order valence-corrected chi connectivity index (χ4v) is 3.28. The molecule has 1 aliphatic rings. The van der Waals surface area contributed by atoms with Gasteiger partial charge >= 0.3 is 0 Å². The second-order valence-electron chi connectivity index (χ2n) is 3.95. The molecule has 1 amide bonds. The number of aromatic nitrogens is 1. The fourth-order valence-electron chi connectivity index (χ4n) is 1.77. The number of sulfonamides is 1. The Labute approximate surface area is 105 Å². The van der Waals surface area contributed by atoms with E-state index in [0.29, 0.717) is 12.1 Å². The third kappa shape index (κ3) is 1.91. The maximum absolute atomic E-state index is 12.1. The van der Waals surface area contributed by atoms with Crippen LogP contribution < -0.4 is 5.32 Å². The molecule has 18 heavy (non-hydrogen) atoms. The number of hydrogen-bond donors (Lipinski definition) is 1. The predicted octanol–water partition coefficient (Wildman–Crippen LogP) is 0.00170. The van der Waals surface area contributed by atoms with Crippen molar-refractivity contribution in [2.45, 2.75) is 5.03 Å². The van der Waals surface area contributed by atoms with Crippen LogP contribution in [0.3, 0.4) is 0 Å². The Morgan fingerprint density at radius 1 is 1.56 bits per heavy atom. The monoisotopic (exact) mass is 267 g/mol. The smallest absolute Gasteiger partial charge is 0.285 e. The minimum atomic E-state index is -3.82. The summed E-state index contributed by atoms with van der Waals surface area (Å²) in [6, 6.07) is 3.00. The molecule has 0 radical (unpaired) electrons. The molecule has 0 unspecified atom stereocenters. The largest absolute Gasteiger partial charge is 0.316 e. The average molecular weight is 267 g/mol. The van der Waals surface area contributed by atoms with Gasteiger partial charge in [-0.3, -0.25) is 4.79 Å². The van der Waals surface area contributed by atoms with Crippen LogP contribution in [0.4, 0.5) is 0 Å². The van der Waals surface area contributed by atoms with Gasteiger partial charge in [-0.05, 0) is 24.8 Å². The standard InChI is InChI=1S/C11H13N3O3S/c1-8(6-12-2)7-14-11(15)9-4-3-5-13-10(9)18(14,16)17/h3-5,12H,1,6-7H2,2H3. The first-order valence-corrected chi connectivity index (χ1v) is 6.76. The summed E-state index contributed by atoms with van der Waals surface area (Å²) in [6.07, 6.45) is 1.36. The van der Waals surface area contributed by atoms with E-state index in [9.17, 15) is 13.2 Å². The van der Waals surface area contributed by atoms with Gasteiger partial charge in [0, 0.05) is 12.7 Å². The van der Waals surface area contributed by atoms with E-state index in [4.69, 9.17) is 0 Å². The first-order chi connectivity index (χ1) is 8.48. The third-order valence-corrected chi connectivity index (χ3v) is 4.25. The van der Waals surface area contributed by atoms with Crippen LogP contribution in [0.1, 0.15) is 10.4 Å². The highest BCUT2D eigenvalue weighted by molar-refractivity contribution is 7.90. The first kappa shape index (κ1) is 12.7. The highest BCUT2D eigenvalue weighted by Crippen LogP contribution is 2.28. The van der Waals surface area contributed by atoms with E-state index >= 15 is 0 Å². The lowest BCUT2D eigenvalue weighted by Crippen LogP contribution is -2.33. The van der Waals surface area contributed by atoms with E-state index in [2.05, 4.69) is 16.9 Å². The van der Waals surface area contributed by atoms with Crippen LogP contribution >= 0.6 is 0 Å². The van der Waals surface area contributed by atoms with E-state index in [1.165, 1.54) is 18.3 Å². The van der Waals surface area contributed by atoms with Crippen molar-refractivity contribution >= 4 is 15.9 Å². The van der Waals surface area contributed by atoms with Gasteiger partial charge in [0.1, 0.15) is 0 Å². The Bertz CT molecular complexity index is 610. The van der Waals surface area contributed by atoms with Crippen LogP contribution in [0.25, 0.3) is 0 Å². The van der Waals surface area contributed by atoms with Gasteiger partial charge in [-0.1, -0.05) is 6.58 Å². The molecular weight excluding hydrogens is 254 g/mol. The van der Waals surface area contributed by atoms with Crippen LogP contribution in [-0.2, 0) is 10.0 Å². The minimum absolute atomic E-state index is 0.0294. The van der Waals surface area contributed by atoms with Crippen LogP contribution in [0, 0.1) is 0 Å². The van der Waals surface area contributed by atoms with Crippen LogP contribution in [0.5, 0.6) is 0 Å². The molecule has 1 aliphatic heterocycles. The second kappa shape index (κ2) is 4.51. The Morgan fingerprint density at radius 3 is 2.89 bits per heavy atom. The molecule has 1 N–H and O–H groups in total. The number of carbonyl (C=O) groups excluding carboxylic acids is 1. The molecular formula is C11H13N3O3S. The lowest BCUT2D eigenvalue weighted by Gasteiger charge is -2.15. The third-order valence-electron chi connectivity index (χ3n) is 2.56. The van der Waals surface area contributed by atoms with Gasteiger partial charge in [-0.2, -0.15) is 8.42 Å². The number of pyridine rings is 1. The van der Waals surface area contributed by atoms with Crippen molar-refractivity contribution in [3.05, 3.63) is 36.0 Å². The van der Waals surface area contributed by atoms with Crippen molar-refractivity contribution in [3.8, 4) is 0 Å². The number of rotatable bonds is 4. The molecule has 0 aliphatic carbocycles. The normalized spacial score (nSPS) is 16.7. The summed E-state index contributed by atoms with van der Waals surface area (Å²) in [5.74, 6) is -0.546. The molecule has 0 aromatic carbocycles. The van der Waals surface area contributed by atoms with E-state index in [-0.39, 0.29) is 17.1 Å². The number of hydrogen-bond acceptors (Lipinski definition) is 5. The molecule has 96 valence electrons. The zero-order valence-corrected chi connectivity index (χ0v) is 10.7. The van der Waals surface area contributed by atoms with Crippen molar-refractivity contribution in [2.75, 3.05) is 20.1 Å². The molecule has 0 bridgehead atoms. The average Bonchev–Trinajstić information content (AvgIpc) is 2.52. The summed E-state index contributed by atoms with van der Waals surface area (Å²) in [5.41, 5.74) is 0.733. The minimum Gasteiger partial charge on any atom is -0.316 e. The summed E-state index contributed by atoms with van der Waals surface area (Å²) < 4.78 is 25.0. The summed E-state index contributed by atoms with van der Waals surface area (Å²) in [5, 5.41) is 2.68. The molecule has 0 fully saturated rings. The lowest BCUT2D eigenvalue weighted by atomic mass is 10.2. The Hall–Kier alpha value is -1.73. The number of nitrogens with zero attached hydrogens (tertiary/aromatic N) is 2. The van der Waals surface area contributed by atoms with E-state index in [1.807, 2.05) is 0 Å². The second-order valence-corrected chi connectivity index (χ2v) is 5.73. The van der Waals surface area contributed by atoms with Crippen LogP contribution in [0.15, 0.2) is 35.5 Å². The Kier molecular flexibility index (Phi) is 3.18. The molecule has 0 saturated heterocycles. The first-order valence-electron chi connectivity index (χ1n) is 5.32. The molecule has 2 rings (SSSR count). The van der Waals surface area contributed by atoms with Gasteiger partial charge in [-0.25, -0.2) is 9.29 Å². The van der Waals surface area contributed by atoms with E-state index in [0.717, 1.165) is 4.31 Å². The molecule has 0 saturated carbocycles. The van der Waals surface area contributed by atoms with Crippen LogP contribution in [-0.4, -0.2) is 43.8 Å². The molecule has 1 aromatic rings. The number of amides is 1. The zero-order chi connectivity index (χ0) is 13.3. The van der Waals surface area contributed by atoms with Gasteiger partial charge in [0.25, 0.3) is 15.9 Å². The molecule has 0 spiro atoms. The van der Waals surface area contributed by atoms with E-state index < -0.39 is 15.9 Å². The van der Waals surface area contributed by atoms with Crippen molar-refractivity contribution in [1.29, 1.82) is 0 Å². The van der Waals surface area contributed by atoms with Crippen molar-refractivity contribution in [3.63, 3.8) is 0 Å². The van der Waals surface area contributed by atoms with Crippen LogP contribution in [0.2, 0.25) is 0 Å². The van der Waals surface area contributed by atoms with E-state index in [1.54, 1.807) is 7.05 Å². The Morgan fingerprint density at radius 2 is 2.28 bits per heavy atom. The highest BCUT2D eigenvalue weighted by Gasteiger charge is 2.42. The molecule has 7 heteroatoms. The summed E-state index contributed by atoms with van der Waals surface area (Å²) >= 11 is 0. The maximum Gasteiger partial charge on any atom is 0.285 e. The maximum atomic E-state index is 12.1. The van der Waals surface area contributed by atoms with Crippen molar-refractivity contribution < 1.29 is 13.2 Å². The summed E-state index contributed by atoms with van der Waals surface area (Å²) in [7, 11) is -2.10. The quantitative estimate of drug-likeness (QED) is 0.777. The molecule has 1 aromatic heterocycles. The van der Waals surface area contributed by atoms with Gasteiger partial charge in [0.15, 0.2) is 5.03 Å². The topological polar surface area (TPSA) is 79.4 Å². The molecule has 2 heterocycles. The van der Waals surface area contributed by atoms with Gasteiger partial charge in [0.05, 0.1) is 12.1 Å². The van der Waals surface area contributed by atoms with Gasteiger partial charge in [-0.15, -0.1) is 0 Å². The summed E-state index contributed by atoms with van der Waals surface area (Å²) in [6.45, 7) is 4.15. The fraction of sp³-hybridized carbons (Fsp3) is 0.273. The number of likely N-dealkylation sites (N-methyl/N-ethyl adjacent to an activating group) is 1. The highest BCUT2D eigenvalue weighted by atomic mass is 32.2. The Balaban J connectivity index is 2.37. The predicted molar refractivity (Wildman–Crippen MR) is 65.5 cm³/mol. The summed E-state index contributed by atoms with van der Waals surface area (Å²) in [4.78, 5) is 15.8. The number of nitrogens with one attached hydrogen (secondary N) is 1. The van der Waals surface area contributed by atoms with Gasteiger partial charge < -0.3 is 5.32 Å². The molecule has 6 nitrogen and oxygen atoms in total. The lowest BCUT2D eigenvalue weighted by molar-refractivity contribution is 0.0878. The van der Waals surface area contributed by atoms with Gasteiger partial charge in [0.2, 0.25) is 0 Å².